The maximum atomic E-state index is 12.8. The second-order valence-corrected chi connectivity index (χ2v) is 6.86. The molecule has 1 aromatic heterocycles. The molecule has 2 aliphatic heterocycles. The third kappa shape index (κ3) is 2.92. The number of rotatable bonds is 2. The molecule has 0 radical (unpaired) electrons. The Morgan fingerprint density at radius 1 is 1.21 bits per heavy atom. The molecule has 0 N–H and O–H groups in total. The molecule has 3 aliphatic rings. The number of aryl methyl sites for hydroxylation is 2. The SMILES string of the molecule is O=C(N1CCOCC1)N1CCCC1Cn1nc2c(cc1=O)CCC2. The molecule has 0 aromatic carbocycles. The summed E-state index contributed by atoms with van der Waals surface area (Å²) in [5, 5.41) is 4.56. The van der Waals surface area contributed by atoms with Crippen LogP contribution in [0.4, 0.5) is 4.79 Å². The molecule has 1 atom stereocenters. The van der Waals surface area contributed by atoms with Crippen molar-refractivity contribution < 1.29 is 9.53 Å². The van der Waals surface area contributed by atoms with Gasteiger partial charge in [0, 0.05) is 25.7 Å². The number of aromatic nitrogens is 2. The molecular weight excluding hydrogens is 308 g/mol. The molecular formula is C17H24N4O3. The number of morpholine rings is 1. The molecule has 7 heteroatoms. The molecule has 2 amide bonds. The van der Waals surface area contributed by atoms with Crippen molar-refractivity contribution in [2.75, 3.05) is 32.8 Å². The second kappa shape index (κ2) is 6.55. The van der Waals surface area contributed by atoms with Crippen molar-refractivity contribution in [1.82, 2.24) is 19.6 Å². The van der Waals surface area contributed by atoms with Crippen molar-refractivity contribution in [1.29, 1.82) is 0 Å². The fraction of sp³-hybridized carbons (Fsp3) is 0.706. The number of hydrogen-bond acceptors (Lipinski definition) is 4. The average molecular weight is 332 g/mol. The van der Waals surface area contributed by atoms with Gasteiger partial charge in [-0.25, -0.2) is 9.48 Å². The van der Waals surface area contributed by atoms with Gasteiger partial charge in [-0.3, -0.25) is 4.79 Å². The van der Waals surface area contributed by atoms with Gasteiger partial charge in [0.1, 0.15) is 0 Å². The first-order valence-corrected chi connectivity index (χ1v) is 8.95. The Morgan fingerprint density at radius 2 is 2.04 bits per heavy atom. The molecule has 3 heterocycles. The lowest BCUT2D eigenvalue weighted by Crippen LogP contribution is -2.51. The number of ether oxygens (including phenoxy) is 1. The molecule has 7 nitrogen and oxygen atoms in total. The Labute approximate surface area is 141 Å². The van der Waals surface area contributed by atoms with Gasteiger partial charge in [0.2, 0.25) is 0 Å². The van der Waals surface area contributed by atoms with E-state index in [-0.39, 0.29) is 17.6 Å². The van der Waals surface area contributed by atoms with Crippen LogP contribution in [-0.2, 0) is 24.1 Å². The summed E-state index contributed by atoms with van der Waals surface area (Å²) in [7, 11) is 0. The number of carbonyl (C=O) groups excluding carboxylic acids is 1. The molecule has 24 heavy (non-hydrogen) atoms. The van der Waals surface area contributed by atoms with E-state index in [1.807, 2.05) is 9.80 Å². The summed E-state index contributed by atoms with van der Waals surface area (Å²) in [6.45, 7) is 3.78. The van der Waals surface area contributed by atoms with Gasteiger partial charge in [-0.1, -0.05) is 0 Å². The van der Waals surface area contributed by atoms with Crippen LogP contribution in [0, 0.1) is 0 Å². The van der Waals surface area contributed by atoms with Crippen LogP contribution >= 0.6 is 0 Å². The first kappa shape index (κ1) is 15.6. The van der Waals surface area contributed by atoms with Crippen molar-refractivity contribution in [3.63, 3.8) is 0 Å². The lowest BCUT2D eigenvalue weighted by Gasteiger charge is -2.33. The largest absolute Gasteiger partial charge is 0.378 e. The van der Waals surface area contributed by atoms with Gasteiger partial charge in [0.25, 0.3) is 5.56 Å². The molecule has 2 saturated heterocycles. The highest BCUT2D eigenvalue weighted by Crippen LogP contribution is 2.22. The van der Waals surface area contributed by atoms with Gasteiger partial charge < -0.3 is 14.5 Å². The lowest BCUT2D eigenvalue weighted by molar-refractivity contribution is 0.0414. The zero-order valence-electron chi connectivity index (χ0n) is 13.9. The van der Waals surface area contributed by atoms with E-state index < -0.39 is 0 Å². The van der Waals surface area contributed by atoms with Crippen LogP contribution in [0.3, 0.4) is 0 Å². The van der Waals surface area contributed by atoms with Gasteiger partial charge in [-0.15, -0.1) is 0 Å². The van der Waals surface area contributed by atoms with E-state index in [9.17, 15) is 9.59 Å². The van der Waals surface area contributed by atoms with Crippen LogP contribution in [0.2, 0.25) is 0 Å². The zero-order chi connectivity index (χ0) is 16.5. The monoisotopic (exact) mass is 332 g/mol. The van der Waals surface area contributed by atoms with Crippen LogP contribution in [0.15, 0.2) is 10.9 Å². The van der Waals surface area contributed by atoms with Crippen molar-refractivity contribution >= 4 is 6.03 Å². The van der Waals surface area contributed by atoms with Crippen LogP contribution in [0.25, 0.3) is 0 Å². The Balaban J connectivity index is 1.49. The first-order chi connectivity index (χ1) is 11.7. The molecule has 130 valence electrons. The highest BCUT2D eigenvalue weighted by molar-refractivity contribution is 5.75. The minimum Gasteiger partial charge on any atom is -0.378 e. The van der Waals surface area contributed by atoms with Crippen molar-refractivity contribution in [3.8, 4) is 0 Å². The van der Waals surface area contributed by atoms with Gasteiger partial charge in [0.05, 0.1) is 31.5 Å². The van der Waals surface area contributed by atoms with Gasteiger partial charge in [-0.05, 0) is 37.7 Å². The van der Waals surface area contributed by atoms with Crippen LogP contribution in [0.1, 0.15) is 30.5 Å². The summed E-state index contributed by atoms with van der Waals surface area (Å²) in [5.74, 6) is 0. The predicted octanol–water partition coefficient (Wildman–Crippen LogP) is 0.649. The Bertz CT molecular complexity index is 681. The maximum absolute atomic E-state index is 12.8. The van der Waals surface area contributed by atoms with Gasteiger partial charge in [-0.2, -0.15) is 5.10 Å². The molecule has 1 aromatic rings. The summed E-state index contributed by atoms with van der Waals surface area (Å²) < 4.78 is 6.89. The standard InChI is InChI=1S/C17H24N4O3/c22-16-11-13-3-1-5-15(13)18-21(16)12-14-4-2-6-20(14)17(23)19-7-9-24-10-8-19/h11,14H,1-10,12H2. The van der Waals surface area contributed by atoms with E-state index >= 15 is 0 Å². The summed E-state index contributed by atoms with van der Waals surface area (Å²) in [5.41, 5.74) is 2.11. The van der Waals surface area contributed by atoms with E-state index in [1.54, 1.807) is 10.7 Å². The molecule has 0 saturated carbocycles. The van der Waals surface area contributed by atoms with Gasteiger partial charge in [0.15, 0.2) is 0 Å². The number of hydrogen-bond donors (Lipinski definition) is 0. The first-order valence-electron chi connectivity index (χ1n) is 8.95. The fourth-order valence-electron chi connectivity index (χ4n) is 3.98. The van der Waals surface area contributed by atoms with E-state index in [0.717, 1.165) is 49.9 Å². The third-order valence-corrected chi connectivity index (χ3v) is 5.31. The number of nitrogens with zero attached hydrogens (tertiary/aromatic N) is 4. The van der Waals surface area contributed by atoms with Crippen LogP contribution in [-0.4, -0.2) is 64.5 Å². The van der Waals surface area contributed by atoms with Crippen LogP contribution < -0.4 is 5.56 Å². The summed E-state index contributed by atoms with van der Waals surface area (Å²) in [4.78, 5) is 28.9. The average Bonchev–Trinajstić information content (AvgIpc) is 3.24. The molecule has 2 fully saturated rings. The summed E-state index contributed by atoms with van der Waals surface area (Å²) in [6.07, 6.45) is 4.92. The van der Waals surface area contributed by atoms with Crippen LogP contribution in [0.5, 0.6) is 0 Å². The molecule has 4 rings (SSSR count). The lowest BCUT2D eigenvalue weighted by atomic mass is 10.2. The van der Waals surface area contributed by atoms with Crippen molar-refractivity contribution in [2.24, 2.45) is 0 Å². The van der Waals surface area contributed by atoms with E-state index in [2.05, 4.69) is 5.10 Å². The van der Waals surface area contributed by atoms with Crippen molar-refractivity contribution in [2.45, 2.75) is 44.7 Å². The number of urea groups is 1. The van der Waals surface area contributed by atoms with E-state index in [0.29, 0.717) is 32.8 Å². The highest BCUT2D eigenvalue weighted by atomic mass is 16.5. The smallest absolute Gasteiger partial charge is 0.320 e. The number of likely N-dealkylation sites (tertiary alicyclic amines) is 1. The maximum Gasteiger partial charge on any atom is 0.320 e. The summed E-state index contributed by atoms with van der Waals surface area (Å²) in [6, 6.07) is 1.87. The number of amides is 2. The molecule has 1 unspecified atom stereocenters. The normalized spacial score (nSPS) is 23.6. The molecule has 1 aliphatic carbocycles. The number of carbonyl (C=O) groups is 1. The fourth-order valence-corrected chi connectivity index (χ4v) is 3.98. The molecule has 0 spiro atoms. The van der Waals surface area contributed by atoms with Crippen molar-refractivity contribution in [3.05, 3.63) is 27.7 Å². The van der Waals surface area contributed by atoms with E-state index in [4.69, 9.17) is 4.74 Å². The minimum absolute atomic E-state index is 0.0404. The topological polar surface area (TPSA) is 67.7 Å². The van der Waals surface area contributed by atoms with E-state index in [1.165, 1.54) is 0 Å². The van der Waals surface area contributed by atoms with Gasteiger partial charge >= 0.3 is 6.03 Å². The second-order valence-electron chi connectivity index (χ2n) is 6.86. The number of fused-ring (bicyclic) bond motifs is 1. The Hall–Kier alpha value is -1.89. The Morgan fingerprint density at radius 3 is 2.88 bits per heavy atom. The quantitative estimate of drug-likeness (QED) is 0.797. The third-order valence-electron chi connectivity index (χ3n) is 5.31. The molecule has 0 bridgehead atoms. The highest BCUT2D eigenvalue weighted by Gasteiger charge is 2.33. The predicted molar refractivity (Wildman–Crippen MR) is 88.0 cm³/mol. The zero-order valence-corrected chi connectivity index (χ0v) is 13.9. The Kier molecular flexibility index (Phi) is 4.26. The summed E-state index contributed by atoms with van der Waals surface area (Å²) >= 11 is 0. The minimum atomic E-state index is -0.0404.